The van der Waals surface area contributed by atoms with Crippen molar-refractivity contribution in [2.75, 3.05) is 12.3 Å². The monoisotopic (exact) mass is 341 g/mol. The van der Waals surface area contributed by atoms with Crippen molar-refractivity contribution in [1.29, 1.82) is 0 Å². The number of carboxylic acid groups (broad SMARTS) is 1. The minimum atomic E-state index is -3.44. The van der Waals surface area contributed by atoms with Crippen molar-refractivity contribution < 1.29 is 23.1 Å². The summed E-state index contributed by atoms with van der Waals surface area (Å²) in [4.78, 5) is 22.6. The molecule has 0 fully saturated rings. The van der Waals surface area contributed by atoms with Gasteiger partial charge in [0.05, 0.1) is 16.2 Å². The number of carbonyl (C=O) groups excluding carboxylic acids is 1. The zero-order valence-corrected chi connectivity index (χ0v) is 14.1. The summed E-state index contributed by atoms with van der Waals surface area (Å²) in [5.41, 5.74) is 0.167. The molecule has 0 radical (unpaired) electrons. The first-order chi connectivity index (χ1) is 10.9. The zero-order chi connectivity index (χ0) is 17.3. The molecule has 0 aliphatic rings. The summed E-state index contributed by atoms with van der Waals surface area (Å²) in [5, 5.41) is 11.2. The first kappa shape index (κ1) is 19.2. The van der Waals surface area contributed by atoms with Crippen LogP contribution < -0.4 is 5.32 Å². The average Bonchev–Trinajstić information content (AvgIpc) is 2.53. The van der Waals surface area contributed by atoms with Gasteiger partial charge in [-0.2, -0.15) is 0 Å². The lowest BCUT2D eigenvalue weighted by atomic mass is 10.1. The summed E-state index contributed by atoms with van der Waals surface area (Å²) in [6.07, 6.45) is 3.13. The third-order valence-electron chi connectivity index (χ3n) is 3.45. The molecule has 0 bridgehead atoms. The summed E-state index contributed by atoms with van der Waals surface area (Å²) >= 11 is 0. The average molecular weight is 341 g/mol. The summed E-state index contributed by atoms with van der Waals surface area (Å²) in [6, 6.07) is 6.18. The maximum atomic E-state index is 12.2. The number of aliphatic carboxylic acids is 1. The first-order valence-electron chi connectivity index (χ1n) is 7.70. The molecule has 1 rings (SSSR count). The zero-order valence-electron chi connectivity index (χ0n) is 13.2. The highest BCUT2D eigenvalue weighted by molar-refractivity contribution is 7.91. The molecular weight excluding hydrogens is 318 g/mol. The van der Waals surface area contributed by atoms with Gasteiger partial charge in [0.1, 0.15) is 0 Å². The van der Waals surface area contributed by atoms with Gasteiger partial charge in [0.2, 0.25) is 0 Å². The Morgan fingerprint density at radius 1 is 1.09 bits per heavy atom. The molecule has 0 saturated heterocycles. The number of carbonyl (C=O) groups is 2. The van der Waals surface area contributed by atoms with E-state index in [1.165, 1.54) is 12.1 Å². The molecule has 7 heteroatoms. The minimum absolute atomic E-state index is 0.0547. The molecule has 0 spiro atoms. The second kappa shape index (κ2) is 9.29. The molecule has 0 saturated carbocycles. The normalized spacial score (nSPS) is 11.2. The maximum Gasteiger partial charge on any atom is 0.303 e. The molecule has 1 aromatic rings. The Morgan fingerprint density at radius 3 is 2.39 bits per heavy atom. The fourth-order valence-corrected chi connectivity index (χ4v) is 3.23. The van der Waals surface area contributed by atoms with E-state index in [0.717, 1.165) is 19.3 Å². The van der Waals surface area contributed by atoms with Crippen molar-refractivity contribution in [2.45, 2.75) is 43.9 Å². The third kappa shape index (κ3) is 6.40. The minimum Gasteiger partial charge on any atom is -0.481 e. The van der Waals surface area contributed by atoms with Crippen LogP contribution in [-0.2, 0) is 14.6 Å². The maximum absolute atomic E-state index is 12.2. The van der Waals surface area contributed by atoms with E-state index in [1.54, 1.807) is 19.1 Å². The molecule has 2 N–H and O–H groups in total. The van der Waals surface area contributed by atoms with Gasteiger partial charge >= 0.3 is 5.97 Å². The van der Waals surface area contributed by atoms with Crippen molar-refractivity contribution in [3.63, 3.8) is 0 Å². The Bertz CT molecular complexity index is 640. The predicted octanol–water partition coefficient (Wildman–Crippen LogP) is 2.25. The van der Waals surface area contributed by atoms with E-state index in [0.29, 0.717) is 13.0 Å². The highest BCUT2D eigenvalue weighted by atomic mass is 32.2. The standard InChI is InChI=1S/C16H23NO5S/c1-2-23(21,22)14-10-7-6-9-13(14)16(20)17-12-8-4-3-5-11-15(18)19/h6-7,9-10H,2-5,8,11-12H2,1H3,(H,17,20)(H,18,19). The fourth-order valence-electron chi connectivity index (χ4n) is 2.13. The van der Waals surface area contributed by atoms with E-state index in [-0.39, 0.29) is 22.6 Å². The van der Waals surface area contributed by atoms with Crippen LogP contribution in [0.2, 0.25) is 0 Å². The third-order valence-corrected chi connectivity index (χ3v) is 5.24. The second-order valence-electron chi connectivity index (χ2n) is 5.21. The van der Waals surface area contributed by atoms with Crippen LogP contribution in [0.4, 0.5) is 0 Å². The first-order valence-corrected chi connectivity index (χ1v) is 9.35. The lowest BCUT2D eigenvalue weighted by molar-refractivity contribution is -0.137. The van der Waals surface area contributed by atoms with Crippen molar-refractivity contribution >= 4 is 21.7 Å². The lowest BCUT2D eigenvalue weighted by Gasteiger charge is -2.10. The molecule has 128 valence electrons. The molecule has 0 aliphatic carbocycles. The van der Waals surface area contributed by atoms with Gasteiger partial charge in [-0.3, -0.25) is 9.59 Å². The molecule has 23 heavy (non-hydrogen) atoms. The molecule has 0 heterocycles. The number of amides is 1. The van der Waals surface area contributed by atoms with E-state index in [9.17, 15) is 18.0 Å². The van der Waals surface area contributed by atoms with Gasteiger partial charge in [0.25, 0.3) is 5.91 Å². The van der Waals surface area contributed by atoms with Crippen LogP contribution >= 0.6 is 0 Å². The summed E-state index contributed by atoms with van der Waals surface area (Å²) in [5.74, 6) is -1.25. The lowest BCUT2D eigenvalue weighted by Crippen LogP contribution is -2.26. The predicted molar refractivity (Wildman–Crippen MR) is 87.2 cm³/mol. The van der Waals surface area contributed by atoms with Gasteiger partial charge in [-0.05, 0) is 25.0 Å². The Balaban J connectivity index is 2.49. The highest BCUT2D eigenvalue weighted by Gasteiger charge is 2.20. The van der Waals surface area contributed by atoms with Gasteiger partial charge in [0, 0.05) is 13.0 Å². The van der Waals surface area contributed by atoms with Crippen LogP contribution in [0.5, 0.6) is 0 Å². The van der Waals surface area contributed by atoms with Crippen LogP contribution in [0, 0.1) is 0 Å². The van der Waals surface area contributed by atoms with Crippen molar-refractivity contribution in [1.82, 2.24) is 5.32 Å². The number of benzene rings is 1. The van der Waals surface area contributed by atoms with E-state index in [2.05, 4.69) is 5.32 Å². The Hall–Kier alpha value is -1.89. The van der Waals surface area contributed by atoms with Crippen LogP contribution in [0.3, 0.4) is 0 Å². The second-order valence-corrected chi connectivity index (χ2v) is 7.46. The quantitative estimate of drug-likeness (QED) is 0.636. The molecule has 6 nitrogen and oxygen atoms in total. The van der Waals surface area contributed by atoms with Crippen LogP contribution in [0.1, 0.15) is 49.4 Å². The molecular formula is C16H23NO5S. The van der Waals surface area contributed by atoms with E-state index in [4.69, 9.17) is 5.11 Å². The SMILES string of the molecule is CCS(=O)(=O)c1ccccc1C(=O)NCCCCCCC(=O)O. The van der Waals surface area contributed by atoms with Gasteiger partial charge in [-0.15, -0.1) is 0 Å². The fraction of sp³-hybridized carbons (Fsp3) is 0.500. The van der Waals surface area contributed by atoms with Gasteiger partial charge in [-0.1, -0.05) is 31.9 Å². The van der Waals surface area contributed by atoms with E-state index >= 15 is 0 Å². The number of carboxylic acids is 1. The Morgan fingerprint density at radius 2 is 1.74 bits per heavy atom. The smallest absolute Gasteiger partial charge is 0.303 e. The van der Waals surface area contributed by atoms with Crippen LogP contribution in [0.25, 0.3) is 0 Å². The molecule has 0 atom stereocenters. The Labute approximate surface area is 136 Å². The Kier molecular flexibility index (Phi) is 7.74. The van der Waals surface area contributed by atoms with E-state index in [1.807, 2.05) is 0 Å². The number of hydrogen-bond acceptors (Lipinski definition) is 4. The number of nitrogens with one attached hydrogen (secondary N) is 1. The number of hydrogen-bond donors (Lipinski definition) is 2. The van der Waals surface area contributed by atoms with Crippen LogP contribution in [-0.4, -0.2) is 37.7 Å². The largest absolute Gasteiger partial charge is 0.481 e. The van der Waals surface area contributed by atoms with Gasteiger partial charge in [-0.25, -0.2) is 8.42 Å². The molecule has 0 aromatic heterocycles. The highest BCUT2D eigenvalue weighted by Crippen LogP contribution is 2.17. The number of unbranched alkanes of at least 4 members (excludes halogenated alkanes) is 3. The molecule has 1 amide bonds. The van der Waals surface area contributed by atoms with Crippen molar-refractivity contribution in [3.05, 3.63) is 29.8 Å². The van der Waals surface area contributed by atoms with Crippen molar-refractivity contribution in [3.8, 4) is 0 Å². The number of rotatable bonds is 10. The van der Waals surface area contributed by atoms with Crippen LogP contribution in [0.15, 0.2) is 29.2 Å². The van der Waals surface area contributed by atoms with E-state index < -0.39 is 21.7 Å². The van der Waals surface area contributed by atoms with Gasteiger partial charge in [0.15, 0.2) is 9.84 Å². The van der Waals surface area contributed by atoms with Crippen molar-refractivity contribution in [2.24, 2.45) is 0 Å². The molecule has 0 unspecified atom stereocenters. The molecule has 1 aromatic carbocycles. The molecule has 0 aliphatic heterocycles. The summed E-state index contributed by atoms with van der Waals surface area (Å²) < 4.78 is 24.0. The summed E-state index contributed by atoms with van der Waals surface area (Å²) in [6.45, 7) is 1.98. The van der Waals surface area contributed by atoms with Gasteiger partial charge < -0.3 is 10.4 Å². The summed E-state index contributed by atoms with van der Waals surface area (Å²) in [7, 11) is -3.44. The topological polar surface area (TPSA) is 101 Å². The number of sulfone groups is 1.